The van der Waals surface area contributed by atoms with E-state index in [-0.39, 0.29) is 5.91 Å². The molecule has 118 valence electrons. The normalized spacial score (nSPS) is 13.7. The van der Waals surface area contributed by atoms with Gasteiger partial charge in [-0.25, -0.2) is 0 Å². The maximum Gasteiger partial charge on any atom is 0.237 e. The summed E-state index contributed by atoms with van der Waals surface area (Å²) in [6.07, 6.45) is 3.46. The number of amides is 1. The van der Waals surface area contributed by atoms with Crippen molar-refractivity contribution >= 4 is 5.91 Å². The highest BCUT2D eigenvalue weighted by Crippen LogP contribution is 2.15. The van der Waals surface area contributed by atoms with Crippen LogP contribution in [0.25, 0.3) is 0 Å². The number of hydrogen-bond acceptors (Lipinski definition) is 3. The number of carbonyl (C=O) groups is 1. The van der Waals surface area contributed by atoms with Gasteiger partial charge in [-0.3, -0.25) is 4.79 Å². The number of primary amides is 1. The number of nitrogens with one attached hydrogen (secondary N) is 1. The van der Waals surface area contributed by atoms with Gasteiger partial charge in [0.15, 0.2) is 0 Å². The molecule has 0 aliphatic heterocycles. The molecule has 3 N–H and O–H groups in total. The zero-order valence-corrected chi connectivity index (χ0v) is 13.4. The summed E-state index contributed by atoms with van der Waals surface area (Å²) in [5.74, 6) is 0.567. The fourth-order valence-corrected chi connectivity index (χ4v) is 2.14. The van der Waals surface area contributed by atoms with Crippen LogP contribution in [0.5, 0.6) is 5.75 Å². The number of carbonyl (C=O) groups excluding carboxylic acids is 1. The number of aryl methyl sites for hydroxylation is 1. The summed E-state index contributed by atoms with van der Waals surface area (Å²) in [6.45, 7) is 7.43. The molecule has 1 unspecified atom stereocenters. The molecule has 1 amide bonds. The maximum atomic E-state index is 11.6. The summed E-state index contributed by atoms with van der Waals surface area (Å²) >= 11 is 0. The van der Waals surface area contributed by atoms with Gasteiger partial charge < -0.3 is 15.8 Å². The Hall–Kier alpha value is -1.55. The Morgan fingerprint density at radius 1 is 1.29 bits per heavy atom. The summed E-state index contributed by atoms with van der Waals surface area (Å²) in [5.41, 5.74) is 6.15. The van der Waals surface area contributed by atoms with Crippen LogP contribution in [0.4, 0.5) is 0 Å². The van der Waals surface area contributed by atoms with E-state index in [0.717, 1.165) is 31.6 Å². The van der Waals surface area contributed by atoms with E-state index in [2.05, 4.69) is 31.3 Å². The second kappa shape index (κ2) is 8.67. The second-order valence-corrected chi connectivity index (χ2v) is 5.57. The van der Waals surface area contributed by atoms with E-state index in [1.165, 1.54) is 5.56 Å². The molecule has 0 radical (unpaired) electrons. The number of nitrogens with two attached hydrogens (primary N) is 1. The standard InChI is InChI=1S/C17H28N2O2/c1-4-12-19-17(3,16(18)20)11-6-13-21-15-9-7-14(5-2)8-10-15/h7-10,19H,4-6,11-13H2,1-3H3,(H2,18,20). The van der Waals surface area contributed by atoms with Gasteiger partial charge in [-0.2, -0.15) is 0 Å². The highest BCUT2D eigenvalue weighted by molar-refractivity contribution is 5.84. The van der Waals surface area contributed by atoms with E-state index < -0.39 is 5.54 Å². The van der Waals surface area contributed by atoms with Crippen molar-refractivity contribution in [2.45, 2.75) is 52.0 Å². The molecule has 0 aliphatic carbocycles. The van der Waals surface area contributed by atoms with Crippen LogP contribution in [0.1, 0.15) is 45.6 Å². The Morgan fingerprint density at radius 2 is 1.95 bits per heavy atom. The van der Waals surface area contributed by atoms with Gasteiger partial charge in [-0.15, -0.1) is 0 Å². The molecule has 0 spiro atoms. The summed E-state index contributed by atoms with van der Waals surface area (Å²) < 4.78 is 5.71. The summed E-state index contributed by atoms with van der Waals surface area (Å²) in [7, 11) is 0. The Morgan fingerprint density at radius 3 is 2.48 bits per heavy atom. The third-order valence-corrected chi connectivity index (χ3v) is 3.73. The highest BCUT2D eigenvalue weighted by atomic mass is 16.5. The highest BCUT2D eigenvalue weighted by Gasteiger charge is 2.29. The average Bonchev–Trinajstić information content (AvgIpc) is 2.50. The van der Waals surface area contributed by atoms with Gasteiger partial charge in [0.1, 0.15) is 5.75 Å². The van der Waals surface area contributed by atoms with Crippen molar-refractivity contribution < 1.29 is 9.53 Å². The molecule has 1 aromatic rings. The average molecular weight is 292 g/mol. The lowest BCUT2D eigenvalue weighted by Gasteiger charge is -2.27. The van der Waals surface area contributed by atoms with Crippen molar-refractivity contribution in [1.82, 2.24) is 5.32 Å². The molecule has 0 saturated heterocycles. The van der Waals surface area contributed by atoms with Gasteiger partial charge >= 0.3 is 0 Å². The van der Waals surface area contributed by atoms with Crippen molar-refractivity contribution in [2.75, 3.05) is 13.2 Å². The Balaban J connectivity index is 2.38. The fourth-order valence-electron chi connectivity index (χ4n) is 2.14. The Kier molecular flexibility index (Phi) is 7.23. The molecule has 4 heteroatoms. The Labute approximate surface area is 128 Å². The molecular formula is C17H28N2O2. The maximum absolute atomic E-state index is 11.6. The van der Waals surface area contributed by atoms with Gasteiger partial charge in [-0.1, -0.05) is 26.0 Å². The van der Waals surface area contributed by atoms with Crippen molar-refractivity contribution in [3.05, 3.63) is 29.8 Å². The lowest BCUT2D eigenvalue weighted by molar-refractivity contribution is -0.124. The van der Waals surface area contributed by atoms with E-state index in [9.17, 15) is 4.79 Å². The molecule has 0 saturated carbocycles. The molecular weight excluding hydrogens is 264 g/mol. The molecule has 1 rings (SSSR count). The number of ether oxygens (including phenoxy) is 1. The molecule has 0 fully saturated rings. The Bertz CT molecular complexity index is 431. The zero-order chi connectivity index (χ0) is 15.7. The first-order valence-corrected chi connectivity index (χ1v) is 7.78. The van der Waals surface area contributed by atoms with Crippen LogP contribution in [0.15, 0.2) is 24.3 Å². The molecule has 4 nitrogen and oxygen atoms in total. The summed E-state index contributed by atoms with van der Waals surface area (Å²) in [6, 6.07) is 8.13. The lowest BCUT2D eigenvalue weighted by atomic mass is 9.95. The van der Waals surface area contributed by atoms with E-state index in [4.69, 9.17) is 10.5 Å². The minimum atomic E-state index is -0.647. The van der Waals surface area contributed by atoms with Crippen LogP contribution in [0, 0.1) is 0 Å². The predicted octanol–water partition coefficient (Wildman–Crippen LogP) is 2.65. The molecule has 1 aromatic carbocycles. The SMILES string of the molecule is CCCNC(C)(CCCOc1ccc(CC)cc1)C(N)=O. The van der Waals surface area contributed by atoms with Crippen LogP contribution in [0.2, 0.25) is 0 Å². The van der Waals surface area contributed by atoms with Crippen LogP contribution in [-0.2, 0) is 11.2 Å². The minimum Gasteiger partial charge on any atom is -0.494 e. The summed E-state index contributed by atoms with van der Waals surface area (Å²) in [4.78, 5) is 11.6. The predicted molar refractivity (Wildman–Crippen MR) is 86.4 cm³/mol. The van der Waals surface area contributed by atoms with E-state index >= 15 is 0 Å². The molecule has 0 aromatic heterocycles. The van der Waals surface area contributed by atoms with Gasteiger partial charge in [-0.05, 0) is 56.8 Å². The fraction of sp³-hybridized carbons (Fsp3) is 0.588. The third-order valence-electron chi connectivity index (χ3n) is 3.73. The largest absolute Gasteiger partial charge is 0.494 e. The first-order valence-electron chi connectivity index (χ1n) is 7.78. The van der Waals surface area contributed by atoms with E-state index in [1.54, 1.807) is 0 Å². The molecule has 0 aliphatic rings. The van der Waals surface area contributed by atoms with E-state index in [1.807, 2.05) is 19.1 Å². The number of benzene rings is 1. The van der Waals surface area contributed by atoms with Crippen LogP contribution >= 0.6 is 0 Å². The lowest BCUT2D eigenvalue weighted by Crippen LogP contribution is -2.53. The van der Waals surface area contributed by atoms with Crippen LogP contribution in [0.3, 0.4) is 0 Å². The zero-order valence-electron chi connectivity index (χ0n) is 13.4. The molecule has 21 heavy (non-hydrogen) atoms. The van der Waals surface area contributed by atoms with Gasteiger partial charge in [0.2, 0.25) is 5.91 Å². The number of hydrogen-bond donors (Lipinski definition) is 2. The van der Waals surface area contributed by atoms with Crippen LogP contribution in [-0.4, -0.2) is 24.6 Å². The minimum absolute atomic E-state index is 0.303. The van der Waals surface area contributed by atoms with Gasteiger partial charge in [0, 0.05) is 0 Å². The van der Waals surface area contributed by atoms with Gasteiger partial charge in [0.25, 0.3) is 0 Å². The summed E-state index contributed by atoms with van der Waals surface area (Å²) in [5, 5.41) is 3.23. The topological polar surface area (TPSA) is 64.3 Å². The van der Waals surface area contributed by atoms with Crippen molar-refractivity contribution in [1.29, 1.82) is 0 Å². The van der Waals surface area contributed by atoms with Crippen molar-refractivity contribution in [3.8, 4) is 5.75 Å². The number of rotatable bonds is 10. The molecule has 0 bridgehead atoms. The molecule has 0 heterocycles. The first kappa shape index (κ1) is 17.5. The van der Waals surface area contributed by atoms with Crippen LogP contribution < -0.4 is 15.8 Å². The smallest absolute Gasteiger partial charge is 0.237 e. The van der Waals surface area contributed by atoms with Crippen molar-refractivity contribution in [3.63, 3.8) is 0 Å². The first-order chi connectivity index (χ1) is 10.0. The monoisotopic (exact) mass is 292 g/mol. The van der Waals surface area contributed by atoms with E-state index in [0.29, 0.717) is 13.0 Å². The van der Waals surface area contributed by atoms with Crippen molar-refractivity contribution in [2.24, 2.45) is 5.73 Å². The quantitative estimate of drug-likeness (QED) is 0.652. The third kappa shape index (κ3) is 5.76. The molecule has 1 atom stereocenters. The van der Waals surface area contributed by atoms with Gasteiger partial charge in [0.05, 0.1) is 12.1 Å². The second-order valence-electron chi connectivity index (χ2n) is 5.57.